The first-order valence-corrected chi connectivity index (χ1v) is 3.43. The minimum Gasteiger partial charge on any atom is -0.224 e. The molecule has 40 valence electrons. The van der Waals surface area contributed by atoms with Gasteiger partial charge in [0.05, 0.1) is 5.75 Å². The second-order valence-corrected chi connectivity index (χ2v) is 2.74. The first-order chi connectivity index (χ1) is 3.30. The van der Waals surface area contributed by atoms with Gasteiger partial charge in [-0.05, 0) is 17.9 Å². The molecule has 0 aromatic heterocycles. The zero-order valence-electron chi connectivity index (χ0n) is 4.64. The molecule has 1 rings (SSSR count). The summed E-state index contributed by atoms with van der Waals surface area (Å²) in [4.78, 5) is 0. The van der Waals surface area contributed by atoms with Gasteiger partial charge >= 0.3 is 0 Å². The van der Waals surface area contributed by atoms with Gasteiger partial charge in [-0.25, -0.2) is 4.40 Å². The Morgan fingerprint density at radius 1 is 1.71 bits per heavy atom. The lowest BCUT2D eigenvalue weighted by atomic mass is 10.1. The van der Waals surface area contributed by atoms with E-state index >= 15 is 0 Å². The molecule has 0 unspecified atom stereocenters. The van der Waals surface area contributed by atoms with E-state index in [1.165, 1.54) is 5.71 Å². The average molecular weight is 115 g/mol. The van der Waals surface area contributed by atoms with Crippen LogP contribution in [0.4, 0.5) is 0 Å². The van der Waals surface area contributed by atoms with Crippen LogP contribution in [-0.2, 0) is 0 Å². The number of rotatable bonds is 1. The predicted octanol–water partition coefficient (Wildman–Crippen LogP) is 1.75. The monoisotopic (exact) mass is 115 g/mol. The third kappa shape index (κ3) is 0.969. The van der Waals surface area contributed by atoms with E-state index in [0.717, 1.165) is 5.75 Å². The molecular weight excluding hydrogens is 106 g/mol. The van der Waals surface area contributed by atoms with Crippen molar-refractivity contribution >= 4 is 17.7 Å². The Kier molecular flexibility index (Phi) is 1.38. The topological polar surface area (TPSA) is 12.4 Å². The second-order valence-electron chi connectivity index (χ2n) is 2.01. The molecule has 0 N–H and O–H groups in total. The third-order valence-corrected chi connectivity index (χ3v) is 1.85. The highest BCUT2D eigenvalue weighted by Gasteiger charge is 2.11. The zero-order valence-corrected chi connectivity index (χ0v) is 5.46. The van der Waals surface area contributed by atoms with E-state index in [0.29, 0.717) is 5.92 Å². The standard InChI is InChI=1S/C5H9NS/c1-4(2)5-3-7-6-5/h4H,3H2,1-2H3. The lowest BCUT2D eigenvalue weighted by Crippen LogP contribution is -2.15. The summed E-state index contributed by atoms with van der Waals surface area (Å²) in [6, 6.07) is 0. The normalized spacial score (nSPS) is 19.0. The quantitative estimate of drug-likeness (QED) is 0.474. The Hall–Kier alpha value is 0.0200. The molecule has 0 aromatic carbocycles. The van der Waals surface area contributed by atoms with Gasteiger partial charge in [0.2, 0.25) is 0 Å². The number of hydrogen-bond acceptors (Lipinski definition) is 2. The minimum absolute atomic E-state index is 0.682. The van der Waals surface area contributed by atoms with Gasteiger partial charge in [-0.2, -0.15) is 0 Å². The molecule has 0 saturated heterocycles. The predicted molar refractivity (Wildman–Crippen MR) is 34.7 cm³/mol. The van der Waals surface area contributed by atoms with E-state index in [1.54, 1.807) is 11.9 Å². The first-order valence-electron chi connectivity index (χ1n) is 2.49. The van der Waals surface area contributed by atoms with Gasteiger partial charge in [-0.3, -0.25) is 0 Å². The lowest BCUT2D eigenvalue weighted by molar-refractivity contribution is 0.879. The molecule has 1 aliphatic heterocycles. The first kappa shape index (κ1) is 5.16. The second kappa shape index (κ2) is 1.86. The van der Waals surface area contributed by atoms with Crippen molar-refractivity contribution < 1.29 is 0 Å². The molecule has 1 nitrogen and oxygen atoms in total. The van der Waals surface area contributed by atoms with Crippen molar-refractivity contribution in [3.63, 3.8) is 0 Å². The van der Waals surface area contributed by atoms with Crippen molar-refractivity contribution in [2.24, 2.45) is 10.3 Å². The van der Waals surface area contributed by atoms with Crippen LogP contribution in [0.1, 0.15) is 13.8 Å². The highest BCUT2D eigenvalue weighted by molar-refractivity contribution is 8.00. The maximum absolute atomic E-state index is 4.10. The van der Waals surface area contributed by atoms with Crippen molar-refractivity contribution in [3.05, 3.63) is 0 Å². The van der Waals surface area contributed by atoms with E-state index in [4.69, 9.17) is 0 Å². The van der Waals surface area contributed by atoms with Crippen molar-refractivity contribution in [2.75, 3.05) is 5.75 Å². The molecule has 0 atom stereocenters. The summed E-state index contributed by atoms with van der Waals surface area (Å²) in [6.45, 7) is 4.36. The highest BCUT2D eigenvalue weighted by Crippen LogP contribution is 2.19. The van der Waals surface area contributed by atoms with Crippen LogP contribution in [-0.4, -0.2) is 11.5 Å². The summed E-state index contributed by atoms with van der Waals surface area (Å²) in [5.41, 5.74) is 1.37. The largest absolute Gasteiger partial charge is 0.224 e. The molecule has 0 amide bonds. The average Bonchev–Trinajstić information content (AvgIpc) is 1.23. The van der Waals surface area contributed by atoms with E-state index in [-0.39, 0.29) is 0 Å². The van der Waals surface area contributed by atoms with Crippen molar-refractivity contribution in [1.29, 1.82) is 0 Å². The van der Waals surface area contributed by atoms with E-state index in [1.807, 2.05) is 0 Å². The van der Waals surface area contributed by atoms with Gasteiger partial charge in [-0.15, -0.1) is 0 Å². The Morgan fingerprint density at radius 2 is 2.29 bits per heavy atom. The fourth-order valence-corrected chi connectivity index (χ4v) is 1.23. The smallest absolute Gasteiger partial charge is 0.0547 e. The Balaban J connectivity index is 2.40. The maximum atomic E-state index is 4.10. The molecule has 0 saturated carbocycles. The van der Waals surface area contributed by atoms with Crippen molar-refractivity contribution in [3.8, 4) is 0 Å². The third-order valence-electron chi connectivity index (χ3n) is 1.06. The van der Waals surface area contributed by atoms with Gasteiger partial charge < -0.3 is 0 Å². The van der Waals surface area contributed by atoms with Crippen LogP contribution in [0.2, 0.25) is 0 Å². The van der Waals surface area contributed by atoms with Gasteiger partial charge in [0, 0.05) is 5.71 Å². The van der Waals surface area contributed by atoms with E-state index in [9.17, 15) is 0 Å². The molecule has 1 heterocycles. The molecule has 0 aromatic rings. The lowest BCUT2D eigenvalue weighted by Gasteiger charge is -2.13. The van der Waals surface area contributed by atoms with Gasteiger partial charge in [0.1, 0.15) is 0 Å². The zero-order chi connectivity index (χ0) is 5.28. The number of hydrogen-bond donors (Lipinski definition) is 0. The fraction of sp³-hybridized carbons (Fsp3) is 0.800. The van der Waals surface area contributed by atoms with Crippen LogP contribution in [0.25, 0.3) is 0 Å². The van der Waals surface area contributed by atoms with Crippen LogP contribution in [0.5, 0.6) is 0 Å². The molecule has 0 fully saturated rings. The summed E-state index contributed by atoms with van der Waals surface area (Å²) in [6.07, 6.45) is 0. The van der Waals surface area contributed by atoms with Crippen molar-refractivity contribution in [1.82, 2.24) is 0 Å². The van der Waals surface area contributed by atoms with Gasteiger partial charge in [0.25, 0.3) is 0 Å². The van der Waals surface area contributed by atoms with Gasteiger partial charge in [-0.1, -0.05) is 13.8 Å². The van der Waals surface area contributed by atoms with Gasteiger partial charge in [0.15, 0.2) is 0 Å². The van der Waals surface area contributed by atoms with Crippen molar-refractivity contribution in [2.45, 2.75) is 13.8 Å². The summed E-state index contributed by atoms with van der Waals surface area (Å²) < 4.78 is 4.10. The Morgan fingerprint density at radius 3 is 2.29 bits per heavy atom. The van der Waals surface area contributed by atoms with Crippen LogP contribution in [0.15, 0.2) is 4.40 Å². The molecule has 0 aliphatic carbocycles. The molecular formula is C5H9NS. The Bertz CT molecular complexity index is 96.3. The fourth-order valence-electron chi connectivity index (χ4n) is 0.411. The number of nitrogens with zero attached hydrogens (tertiary/aromatic N) is 1. The summed E-state index contributed by atoms with van der Waals surface area (Å²) in [5.74, 6) is 1.85. The minimum atomic E-state index is 0.682. The maximum Gasteiger partial charge on any atom is 0.0547 e. The van der Waals surface area contributed by atoms with Crippen LogP contribution in [0.3, 0.4) is 0 Å². The van der Waals surface area contributed by atoms with Crippen LogP contribution in [0, 0.1) is 5.92 Å². The summed E-state index contributed by atoms with van der Waals surface area (Å²) >= 11 is 1.66. The Labute approximate surface area is 48.3 Å². The SMILES string of the molecule is CC(C)C1=NSC1. The van der Waals surface area contributed by atoms with Crippen LogP contribution >= 0.6 is 11.9 Å². The molecule has 0 bridgehead atoms. The molecule has 0 radical (unpaired) electrons. The van der Waals surface area contributed by atoms with Crippen LogP contribution < -0.4 is 0 Å². The van der Waals surface area contributed by atoms with E-state index in [2.05, 4.69) is 18.2 Å². The molecule has 2 heteroatoms. The summed E-state index contributed by atoms with van der Waals surface area (Å²) in [7, 11) is 0. The molecule has 0 spiro atoms. The highest BCUT2D eigenvalue weighted by atomic mass is 32.2. The summed E-state index contributed by atoms with van der Waals surface area (Å²) in [5, 5.41) is 0. The molecule has 7 heavy (non-hydrogen) atoms. The van der Waals surface area contributed by atoms with E-state index < -0.39 is 0 Å². The molecule has 1 aliphatic rings.